The molecular formula is C15H14BrClN2O2. The molecule has 0 bridgehead atoms. The lowest BCUT2D eigenvalue weighted by Gasteiger charge is -2.08. The highest BCUT2D eigenvalue weighted by Crippen LogP contribution is 2.25. The van der Waals surface area contributed by atoms with E-state index in [0.29, 0.717) is 28.8 Å². The maximum atomic E-state index is 11.8. The predicted molar refractivity (Wildman–Crippen MR) is 88.7 cm³/mol. The predicted octanol–water partition coefficient (Wildman–Crippen LogP) is 4.09. The Hall–Kier alpha value is -1.72. The van der Waals surface area contributed by atoms with Crippen molar-refractivity contribution in [2.75, 3.05) is 17.7 Å². The number of nitrogen functional groups attached to an aromatic ring is 1. The highest BCUT2D eigenvalue weighted by Gasteiger charge is 2.05. The topological polar surface area (TPSA) is 64.3 Å². The first kappa shape index (κ1) is 15.7. The SMILES string of the molecule is Nc1ccc(OCCC(=O)Nc2ccc(Br)c(Cl)c2)cc1. The molecule has 1 amide bonds. The zero-order chi connectivity index (χ0) is 15.2. The molecular weight excluding hydrogens is 356 g/mol. The molecule has 0 saturated carbocycles. The summed E-state index contributed by atoms with van der Waals surface area (Å²) in [5.41, 5.74) is 6.91. The number of halogens is 2. The van der Waals surface area contributed by atoms with Gasteiger partial charge in [-0.15, -0.1) is 0 Å². The fourth-order valence-electron chi connectivity index (χ4n) is 1.62. The van der Waals surface area contributed by atoms with Gasteiger partial charge in [-0.3, -0.25) is 4.79 Å². The molecule has 0 unspecified atom stereocenters. The van der Waals surface area contributed by atoms with Gasteiger partial charge in [0.25, 0.3) is 0 Å². The van der Waals surface area contributed by atoms with Crippen LogP contribution in [0.1, 0.15) is 6.42 Å². The molecule has 21 heavy (non-hydrogen) atoms. The van der Waals surface area contributed by atoms with E-state index in [9.17, 15) is 4.79 Å². The Labute approximate surface area is 136 Å². The highest BCUT2D eigenvalue weighted by atomic mass is 79.9. The van der Waals surface area contributed by atoms with Crippen LogP contribution in [-0.4, -0.2) is 12.5 Å². The second-order valence-electron chi connectivity index (χ2n) is 4.34. The number of ether oxygens (including phenoxy) is 1. The summed E-state index contributed by atoms with van der Waals surface area (Å²) in [6, 6.07) is 12.3. The highest BCUT2D eigenvalue weighted by molar-refractivity contribution is 9.10. The number of anilines is 2. The Morgan fingerprint density at radius 2 is 1.95 bits per heavy atom. The average Bonchev–Trinajstić information content (AvgIpc) is 2.45. The van der Waals surface area contributed by atoms with E-state index < -0.39 is 0 Å². The number of carbonyl (C=O) groups excluding carboxylic acids is 1. The standard InChI is InChI=1S/C15H14BrClN2O2/c16-13-6-3-11(9-14(13)17)19-15(20)7-8-21-12-4-1-10(18)2-5-12/h1-6,9H,7-8,18H2,(H,19,20). The van der Waals surface area contributed by atoms with Gasteiger partial charge >= 0.3 is 0 Å². The van der Waals surface area contributed by atoms with Crippen LogP contribution in [-0.2, 0) is 4.79 Å². The molecule has 0 aromatic heterocycles. The van der Waals surface area contributed by atoms with Gasteiger partial charge in [0.1, 0.15) is 5.75 Å². The minimum Gasteiger partial charge on any atom is -0.493 e. The summed E-state index contributed by atoms with van der Waals surface area (Å²) in [5.74, 6) is 0.549. The molecule has 2 aromatic carbocycles. The lowest BCUT2D eigenvalue weighted by atomic mass is 10.3. The summed E-state index contributed by atoms with van der Waals surface area (Å²) in [7, 11) is 0. The molecule has 4 nitrogen and oxygen atoms in total. The maximum Gasteiger partial charge on any atom is 0.227 e. The van der Waals surface area contributed by atoms with E-state index in [0.717, 1.165) is 4.47 Å². The largest absolute Gasteiger partial charge is 0.493 e. The minimum absolute atomic E-state index is 0.135. The molecule has 0 aliphatic carbocycles. The zero-order valence-corrected chi connectivity index (χ0v) is 13.4. The number of hydrogen-bond donors (Lipinski definition) is 2. The van der Waals surface area contributed by atoms with Crippen molar-refractivity contribution in [3.05, 3.63) is 52.0 Å². The Morgan fingerprint density at radius 3 is 2.62 bits per heavy atom. The van der Waals surface area contributed by atoms with E-state index in [4.69, 9.17) is 22.1 Å². The third-order valence-electron chi connectivity index (χ3n) is 2.68. The molecule has 3 N–H and O–H groups in total. The third-order valence-corrected chi connectivity index (χ3v) is 3.91. The lowest BCUT2D eigenvalue weighted by Crippen LogP contribution is -2.15. The van der Waals surface area contributed by atoms with Crippen LogP contribution >= 0.6 is 27.5 Å². The summed E-state index contributed by atoms with van der Waals surface area (Å²) < 4.78 is 6.25. The molecule has 6 heteroatoms. The molecule has 2 rings (SSSR count). The summed E-state index contributed by atoms with van der Waals surface area (Å²) in [6.07, 6.45) is 0.248. The zero-order valence-electron chi connectivity index (χ0n) is 11.1. The molecule has 0 atom stereocenters. The van der Waals surface area contributed by atoms with E-state index in [1.165, 1.54) is 0 Å². The molecule has 0 heterocycles. The number of hydrogen-bond acceptors (Lipinski definition) is 3. The Balaban J connectivity index is 1.79. The van der Waals surface area contributed by atoms with Gasteiger partial charge in [0.2, 0.25) is 5.91 Å². The fraction of sp³-hybridized carbons (Fsp3) is 0.133. The van der Waals surface area contributed by atoms with Crippen LogP contribution in [0, 0.1) is 0 Å². The first-order chi connectivity index (χ1) is 10.0. The smallest absolute Gasteiger partial charge is 0.227 e. The van der Waals surface area contributed by atoms with Crippen LogP contribution in [0.4, 0.5) is 11.4 Å². The summed E-state index contributed by atoms with van der Waals surface area (Å²) >= 11 is 9.26. The minimum atomic E-state index is -0.135. The fourth-order valence-corrected chi connectivity index (χ4v) is 2.05. The van der Waals surface area contributed by atoms with Crippen molar-refractivity contribution < 1.29 is 9.53 Å². The Bertz CT molecular complexity index is 632. The van der Waals surface area contributed by atoms with E-state index in [2.05, 4.69) is 21.2 Å². The monoisotopic (exact) mass is 368 g/mol. The molecule has 110 valence electrons. The van der Waals surface area contributed by atoms with Crippen LogP contribution in [0.15, 0.2) is 46.9 Å². The van der Waals surface area contributed by atoms with Crippen molar-refractivity contribution in [2.24, 2.45) is 0 Å². The van der Waals surface area contributed by atoms with Crippen LogP contribution < -0.4 is 15.8 Å². The normalized spacial score (nSPS) is 10.2. The van der Waals surface area contributed by atoms with Crippen LogP contribution in [0.3, 0.4) is 0 Å². The van der Waals surface area contributed by atoms with Gasteiger partial charge in [-0.25, -0.2) is 0 Å². The van der Waals surface area contributed by atoms with Gasteiger partial charge in [0, 0.05) is 15.8 Å². The lowest BCUT2D eigenvalue weighted by molar-refractivity contribution is -0.116. The molecule has 2 aromatic rings. The van der Waals surface area contributed by atoms with Crippen molar-refractivity contribution >= 4 is 44.8 Å². The Morgan fingerprint density at radius 1 is 1.24 bits per heavy atom. The van der Waals surface area contributed by atoms with Gasteiger partial charge < -0.3 is 15.8 Å². The van der Waals surface area contributed by atoms with Crippen LogP contribution in [0.5, 0.6) is 5.75 Å². The van der Waals surface area contributed by atoms with Crippen molar-refractivity contribution in [1.29, 1.82) is 0 Å². The van der Waals surface area contributed by atoms with Gasteiger partial charge in [-0.05, 0) is 58.4 Å². The molecule has 0 saturated heterocycles. The summed E-state index contributed by atoms with van der Waals surface area (Å²) in [4.78, 5) is 11.8. The Kier molecular flexibility index (Phi) is 5.47. The second-order valence-corrected chi connectivity index (χ2v) is 5.61. The molecule has 0 radical (unpaired) electrons. The van der Waals surface area contributed by atoms with Gasteiger partial charge in [0.15, 0.2) is 0 Å². The van der Waals surface area contributed by atoms with Crippen LogP contribution in [0.2, 0.25) is 5.02 Å². The molecule has 0 aliphatic heterocycles. The molecule has 0 spiro atoms. The molecule has 0 aliphatic rings. The van der Waals surface area contributed by atoms with Crippen LogP contribution in [0.25, 0.3) is 0 Å². The third kappa shape index (κ3) is 4.95. The number of benzene rings is 2. The van der Waals surface area contributed by atoms with E-state index >= 15 is 0 Å². The van der Waals surface area contributed by atoms with E-state index in [-0.39, 0.29) is 12.3 Å². The number of nitrogens with two attached hydrogens (primary N) is 1. The summed E-state index contributed by atoms with van der Waals surface area (Å²) in [6.45, 7) is 0.292. The maximum absolute atomic E-state index is 11.8. The van der Waals surface area contributed by atoms with Gasteiger partial charge in [-0.1, -0.05) is 11.6 Å². The number of rotatable bonds is 5. The van der Waals surface area contributed by atoms with Crippen molar-refractivity contribution in [1.82, 2.24) is 0 Å². The van der Waals surface area contributed by atoms with Gasteiger partial charge in [0.05, 0.1) is 18.1 Å². The number of nitrogens with one attached hydrogen (secondary N) is 1. The van der Waals surface area contributed by atoms with Gasteiger partial charge in [-0.2, -0.15) is 0 Å². The van der Waals surface area contributed by atoms with E-state index in [1.807, 2.05) is 0 Å². The molecule has 0 fully saturated rings. The first-order valence-electron chi connectivity index (χ1n) is 6.28. The quantitative estimate of drug-likeness (QED) is 0.780. The summed E-state index contributed by atoms with van der Waals surface area (Å²) in [5, 5.41) is 3.31. The average molecular weight is 370 g/mol. The number of amides is 1. The van der Waals surface area contributed by atoms with E-state index in [1.54, 1.807) is 42.5 Å². The number of carbonyl (C=O) groups is 1. The van der Waals surface area contributed by atoms with Crippen molar-refractivity contribution in [3.63, 3.8) is 0 Å². The van der Waals surface area contributed by atoms with Crippen molar-refractivity contribution in [3.8, 4) is 5.75 Å². The van der Waals surface area contributed by atoms with Crippen molar-refractivity contribution in [2.45, 2.75) is 6.42 Å². The second kappa shape index (κ2) is 7.33. The first-order valence-corrected chi connectivity index (χ1v) is 7.45.